The molecule has 1 aromatic carbocycles. The van der Waals surface area contributed by atoms with E-state index in [4.69, 9.17) is 9.52 Å². The topological polar surface area (TPSA) is 62.5 Å². The van der Waals surface area contributed by atoms with E-state index in [-0.39, 0.29) is 24.2 Å². The first-order chi connectivity index (χ1) is 9.10. The first kappa shape index (κ1) is 13.3. The Balaban J connectivity index is 2.15. The number of hydrogen-bond donors (Lipinski definition) is 2. The summed E-state index contributed by atoms with van der Waals surface area (Å²) in [6, 6.07) is 8.64. The predicted octanol–water partition coefficient (Wildman–Crippen LogP) is 2.20. The van der Waals surface area contributed by atoms with Crippen molar-refractivity contribution in [3.05, 3.63) is 48.0 Å². The van der Waals surface area contributed by atoms with Gasteiger partial charge < -0.3 is 14.8 Å². The second kappa shape index (κ2) is 5.67. The van der Waals surface area contributed by atoms with Gasteiger partial charge in [0.2, 0.25) is 0 Å². The lowest BCUT2D eigenvalue weighted by Gasteiger charge is -2.08. The summed E-state index contributed by atoms with van der Waals surface area (Å²) < 4.78 is 18.2. The van der Waals surface area contributed by atoms with Crippen LogP contribution in [0.4, 0.5) is 4.39 Å². The number of aliphatic hydroxyl groups is 1. The van der Waals surface area contributed by atoms with Crippen LogP contribution in [0, 0.1) is 5.82 Å². The fourth-order valence-electron chi connectivity index (χ4n) is 1.57. The van der Waals surface area contributed by atoms with Crippen LogP contribution in [-0.2, 0) is 0 Å². The summed E-state index contributed by atoms with van der Waals surface area (Å²) in [5.74, 6) is -0.0821. The lowest BCUT2D eigenvalue weighted by Crippen LogP contribution is -2.34. The summed E-state index contributed by atoms with van der Waals surface area (Å²) >= 11 is 0. The van der Waals surface area contributed by atoms with E-state index in [9.17, 15) is 9.18 Å². The molecule has 4 nitrogen and oxygen atoms in total. The molecule has 19 heavy (non-hydrogen) atoms. The number of furan rings is 1. The van der Waals surface area contributed by atoms with E-state index in [1.807, 2.05) is 0 Å². The molecule has 0 saturated heterocycles. The standard InChI is InChI=1S/C14H14FNO3/c1-9(8-17)16-14(18)13-7-6-12(19-13)10-2-4-11(15)5-3-10/h2-7,9,17H,8H2,1H3,(H,16,18). The molecule has 0 fully saturated rings. The zero-order chi connectivity index (χ0) is 13.8. The van der Waals surface area contributed by atoms with Crippen molar-refractivity contribution in [2.45, 2.75) is 13.0 Å². The van der Waals surface area contributed by atoms with Crippen LogP contribution < -0.4 is 5.32 Å². The number of aliphatic hydroxyl groups excluding tert-OH is 1. The third kappa shape index (κ3) is 3.20. The van der Waals surface area contributed by atoms with E-state index in [0.717, 1.165) is 0 Å². The Morgan fingerprint density at radius 1 is 1.32 bits per heavy atom. The molecule has 1 heterocycles. The smallest absolute Gasteiger partial charge is 0.287 e. The van der Waals surface area contributed by atoms with Crippen LogP contribution in [-0.4, -0.2) is 23.7 Å². The van der Waals surface area contributed by atoms with Crippen LogP contribution in [0.1, 0.15) is 17.5 Å². The minimum Gasteiger partial charge on any atom is -0.451 e. The van der Waals surface area contributed by atoms with Crippen molar-refractivity contribution >= 4 is 5.91 Å². The molecule has 1 aromatic heterocycles. The Hall–Kier alpha value is -2.14. The highest BCUT2D eigenvalue weighted by Gasteiger charge is 2.14. The normalized spacial score (nSPS) is 12.2. The molecule has 0 aliphatic carbocycles. The van der Waals surface area contributed by atoms with Gasteiger partial charge in [0.05, 0.1) is 6.61 Å². The van der Waals surface area contributed by atoms with Crippen molar-refractivity contribution in [3.8, 4) is 11.3 Å². The molecule has 2 aromatic rings. The number of hydrogen-bond acceptors (Lipinski definition) is 3. The van der Waals surface area contributed by atoms with Crippen LogP contribution in [0.15, 0.2) is 40.8 Å². The second-order valence-electron chi connectivity index (χ2n) is 4.23. The number of halogens is 1. The van der Waals surface area contributed by atoms with Crippen LogP contribution in [0.2, 0.25) is 0 Å². The SMILES string of the molecule is CC(CO)NC(=O)c1ccc(-c2ccc(F)cc2)o1. The van der Waals surface area contributed by atoms with Gasteiger partial charge in [-0.15, -0.1) is 0 Å². The van der Waals surface area contributed by atoms with Gasteiger partial charge >= 0.3 is 0 Å². The van der Waals surface area contributed by atoms with E-state index in [0.29, 0.717) is 11.3 Å². The fourth-order valence-corrected chi connectivity index (χ4v) is 1.57. The molecule has 1 atom stereocenters. The number of amides is 1. The van der Waals surface area contributed by atoms with Crippen molar-refractivity contribution < 1.29 is 18.7 Å². The number of carbonyl (C=O) groups excluding carboxylic acids is 1. The summed E-state index contributed by atoms with van der Waals surface area (Å²) in [4.78, 5) is 11.7. The molecule has 0 aliphatic rings. The Morgan fingerprint density at radius 3 is 2.63 bits per heavy atom. The van der Waals surface area contributed by atoms with Gasteiger partial charge in [0.1, 0.15) is 11.6 Å². The van der Waals surface area contributed by atoms with Gasteiger partial charge in [0, 0.05) is 11.6 Å². The minimum atomic E-state index is -0.394. The third-order valence-electron chi connectivity index (χ3n) is 2.61. The summed E-state index contributed by atoms with van der Waals surface area (Å²) in [6.07, 6.45) is 0. The Labute approximate surface area is 109 Å². The second-order valence-corrected chi connectivity index (χ2v) is 4.23. The number of nitrogens with one attached hydrogen (secondary N) is 1. The number of benzene rings is 1. The molecule has 0 spiro atoms. The van der Waals surface area contributed by atoms with Gasteiger partial charge in [-0.1, -0.05) is 0 Å². The molecule has 0 bridgehead atoms. The lowest BCUT2D eigenvalue weighted by atomic mass is 10.2. The summed E-state index contributed by atoms with van der Waals surface area (Å²) in [7, 11) is 0. The average Bonchev–Trinajstić information content (AvgIpc) is 2.89. The Bertz CT molecular complexity index is 562. The molecule has 5 heteroatoms. The summed E-state index contributed by atoms with van der Waals surface area (Å²) in [5, 5.41) is 11.4. The van der Waals surface area contributed by atoms with E-state index in [1.165, 1.54) is 18.2 Å². The van der Waals surface area contributed by atoms with Gasteiger partial charge in [-0.05, 0) is 43.3 Å². The molecule has 0 saturated carbocycles. The van der Waals surface area contributed by atoms with E-state index in [2.05, 4.69) is 5.32 Å². The van der Waals surface area contributed by atoms with Crippen molar-refractivity contribution in [1.29, 1.82) is 0 Å². The van der Waals surface area contributed by atoms with Gasteiger partial charge in [-0.2, -0.15) is 0 Å². The quantitative estimate of drug-likeness (QED) is 0.888. The minimum absolute atomic E-state index is 0.142. The summed E-state index contributed by atoms with van der Waals surface area (Å²) in [6.45, 7) is 1.54. The maximum absolute atomic E-state index is 12.8. The fraction of sp³-hybridized carbons (Fsp3) is 0.214. The largest absolute Gasteiger partial charge is 0.451 e. The van der Waals surface area contributed by atoms with Crippen LogP contribution in [0.3, 0.4) is 0 Å². The maximum Gasteiger partial charge on any atom is 0.287 e. The Morgan fingerprint density at radius 2 is 2.00 bits per heavy atom. The number of carbonyl (C=O) groups is 1. The lowest BCUT2D eigenvalue weighted by molar-refractivity contribution is 0.0895. The highest BCUT2D eigenvalue weighted by molar-refractivity contribution is 5.92. The third-order valence-corrected chi connectivity index (χ3v) is 2.61. The molecule has 0 aliphatic heterocycles. The van der Waals surface area contributed by atoms with Gasteiger partial charge in [0.15, 0.2) is 5.76 Å². The molecule has 100 valence electrons. The summed E-state index contributed by atoms with van der Waals surface area (Å²) in [5.41, 5.74) is 0.690. The zero-order valence-electron chi connectivity index (χ0n) is 10.4. The van der Waals surface area contributed by atoms with Crippen molar-refractivity contribution in [3.63, 3.8) is 0 Å². The van der Waals surface area contributed by atoms with Crippen molar-refractivity contribution in [2.75, 3.05) is 6.61 Å². The Kier molecular flexibility index (Phi) is 3.97. The molecular formula is C14H14FNO3. The molecule has 2 N–H and O–H groups in total. The maximum atomic E-state index is 12.8. The predicted molar refractivity (Wildman–Crippen MR) is 68.1 cm³/mol. The molecule has 1 unspecified atom stereocenters. The molecule has 1 amide bonds. The van der Waals surface area contributed by atoms with E-state index in [1.54, 1.807) is 25.1 Å². The average molecular weight is 263 g/mol. The molecule has 2 rings (SSSR count). The van der Waals surface area contributed by atoms with Crippen LogP contribution in [0.5, 0.6) is 0 Å². The zero-order valence-corrected chi connectivity index (χ0v) is 10.4. The van der Waals surface area contributed by atoms with E-state index >= 15 is 0 Å². The van der Waals surface area contributed by atoms with Crippen LogP contribution in [0.25, 0.3) is 11.3 Å². The highest BCUT2D eigenvalue weighted by Crippen LogP contribution is 2.22. The molecular weight excluding hydrogens is 249 g/mol. The first-order valence-electron chi connectivity index (χ1n) is 5.87. The number of rotatable bonds is 4. The van der Waals surface area contributed by atoms with E-state index < -0.39 is 5.91 Å². The van der Waals surface area contributed by atoms with Gasteiger partial charge in [-0.3, -0.25) is 4.79 Å². The van der Waals surface area contributed by atoms with Gasteiger partial charge in [-0.25, -0.2) is 4.39 Å². The first-order valence-corrected chi connectivity index (χ1v) is 5.87. The van der Waals surface area contributed by atoms with Crippen molar-refractivity contribution in [2.24, 2.45) is 0 Å². The van der Waals surface area contributed by atoms with Crippen molar-refractivity contribution in [1.82, 2.24) is 5.32 Å². The van der Waals surface area contributed by atoms with Crippen LogP contribution >= 0.6 is 0 Å². The monoisotopic (exact) mass is 263 g/mol. The molecule has 0 radical (unpaired) electrons. The van der Waals surface area contributed by atoms with Gasteiger partial charge in [0.25, 0.3) is 5.91 Å². The highest BCUT2D eigenvalue weighted by atomic mass is 19.1.